The number of hydrogen-bond acceptors (Lipinski definition) is 7. The molecule has 10 nitrogen and oxygen atoms in total. The number of piperazine rings is 1. The van der Waals surface area contributed by atoms with Gasteiger partial charge in [0.2, 0.25) is 5.91 Å². The number of carbonyl (C=O) groups is 3. The maximum atomic E-state index is 14.3. The Balaban J connectivity index is 1.54. The van der Waals surface area contributed by atoms with Gasteiger partial charge in [0, 0.05) is 50.3 Å². The largest absolute Gasteiger partial charge is 0.396 e. The van der Waals surface area contributed by atoms with E-state index in [1.165, 1.54) is 13.0 Å². The third-order valence-corrected chi connectivity index (χ3v) is 7.99. The van der Waals surface area contributed by atoms with E-state index in [1.807, 2.05) is 30.3 Å². The third kappa shape index (κ3) is 7.81. The second-order valence-corrected chi connectivity index (χ2v) is 10.9. The zero-order valence-electron chi connectivity index (χ0n) is 24.2. The number of anilines is 3. The zero-order valence-corrected chi connectivity index (χ0v) is 24.9. The molecule has 0 unspecified atom stereocenters. The third-order valence-electron chi connectivity index (χ3n) is 7.50. The number of carbonyl (C=O) groups excluding carboxylic acids is 3. The van der Waals surface area contributed by atoms with Gasteiger partial charge in [0.1, 0.15) is 0 Å². The minimum absolute atomic E-state index is 0.00558. The molecule has 3 aromatic rings. The molecule has 0 aliphatic carbocycles. The molecule has 4 rings (SSSR count). The predicted molar refractivity (Wildman–Crippen MR) is 166 cm³/mol. The van der Waals surface area contributed by atoms with Gasteiger partial charge in [-0.05, 0) is 68.3 Å². The predicted octanol–water partition coefficient (Wildman–Crippen LogP) is 4.45. The first-order valence-electron chi connectivity index (χ1n) is 14.0. The molecule has 1 saturated heterocycles. The number of nitrogens with zero attached hydrogens (tertiary/aromatic N) is 2. The number of rotatable bonds is 10. The first-order valence-corrected chi connectivity index (χ1v) is 14.4. The monoisotopic (exact) mass is 610 g/mol. The van der Waals surface area contributed by atoms with Crippen LogP contribution in [0.3, 0.4) is 0 Å². The molecular weight excluding hydrogens is 575 g/mol. The van der Waals surface area contributed by atoms with E-state index in [9.17, 15) is 18.8 Å². The van der Waals surface area contributed by atoms with Crippen molar-refractivity contribution in [2.75, 3.05) is 55.7 Å². The van der Waals surface area contributed by atoms with Gasteiger partial charge in [0.25, 0.3) is 11.8 Å². The van der Waals surface area contributed by atoms with Crippen LogP contribution in [0.2, 0.25) is 5.02 Å². The summed E-state index contributed by atoms with van der Waals surface area (Å²) in [6.07, 6.45) is 1.32. The Kier molecular flexibility index (Phi) is 10.6. The summed E-state index contributed by atoms with van der Waals surface area (Å²) in [6, 6.07) is 14.1. The number of nitrogen functional groups attached to an aromatic ring is 1. The molecule has 0 radical (unpaired) electrons. The summed E-state index contributed by atoms with van der Waals surface area (Å²) < 4.78 is 14.3. The molecule has 0 spiro atoms. The molecule has 1 heterocycles. The second kappa shape index (κ2) is 14.3. The van der Waals surface area contributed by atoms with E-state index in [0.717, 1.165) is 43.0 Å². The average molecular weight is 611 g/mol. The maximum absolute atomic E-state index is 14.3. The van der Waals surface area contributed by atoms with Gasteiger partial charge in [-0.1, -0.05) is 29.8 Å². The molecule has 12 heteroatoms. The van der Waals surface area contributed by atoms with Gasteiger partial charge < -0.3 is 26.2 Å². The van der Waals surface area contributed by atoms with Crippen molar-refractivity contribution in [3.63, 3.8) is 0 Å². The second-order valence-electron chi connectivity index (χ2n) is 10.6. The van der Waals surface area contributed by atoms with Crippen LogP contribution < -0.4 is 26.7 Å². The Hall–Kier alpha value is -4.19. The highest BCUT2D eigenvalue weighted by molar-refractivity contribution is 6.35. The zero-order chi connectivity index (χ0) is 31.1. The lowest BCUT2D eigenvalue weighted by Crippen LogP contribution is -2.44. The molecule has 0 atom stereocenters. The number of halogens is 2. The molecule has 228 valence electrons. The smallest absolute Gasteiger partial charge is 0.257 e. The first kappa shape index (κ1) is 31.7. The van der Waals surface area contributed by atoms with Crippen molar-refractivity contribution in [2.24, 2.45) is 0 Å². The summed E-state index contributed by atoms with van der Waals surface area (Å²) >= 11 is 6.34. The van der Waals surface area contributed by atoms with Crippen molar-refractivity contribution in [1.82, 2.24) is 15.7 Å². The Morgan fingerprint density at radius 3 is 2.33 bits per heavy atom. The molecule has 0 saturated carbocycles. The molecule has 0 aromatic heterocycles. The Bertz CT molecular complexity index is 1490. The summed E-state index contributed by atoms with van der Waals surface area (Å²) in [5.41, 5.74) is 11.0. The highest BCUT2D eigenvalue weighted by atomic mass is 35.5. The molecule has 6 N–H and O–H groups in total. The highest BCUT2D eigenvalue weighted by Crippen LogP contribution is 2.34. The Morgan fingerprint density at radius 2 is 1.65 bits per heavy atom. The molecule has 0 bridgehead atoms. The topological polar surface area (TPSA) is 140 Å². The van der Waals surface area contributed by atoms with Gasteiger partial charge in [0.05, 0.1) is 27.6 Å². The van der Waals surface area contributed by atoms with Gasteiger partial charge in [-0.25, -0.2) is 9.87 Å². The van der Waals surface area contributed by atoms with E-state index >= 15 is 0 Å². The molecule has 1 fully saturated rings. The molecule has 43 heavy (non-hydrogen) atoms. The summed E-state index contributed by atoms with van der Waals surface area (Å²) in [5.74, 6) is -1.84. The molecule has 3 aromatic carbocycles. The van der Waals surface area contributed by atoms with Crippen molar-refractivity contribution in [3.05, 3.63) is 76.1 Å². The number of hydrogen-bond donors (Lipinski definition) is 5. The fraction of sp³-hybridized carbons (Fsp3) is 0.323. The lowest BCUT2D eigenvalue weighted by Gasteiger charge is -2.35. The fourth-order valence-corrected chi connectivity index (χ4v) is 5.10. The maximum Gasteiger partial charge on any atom is 0.257 e. The van der Waals surface area contributed by atoms with Crippen molar-refractivity contribution in [2.45, 2.75) is 26.2 Å². The number of nitrogens with two attached hydrogens (primary N) is 1. The average Bonchev–Trinajstić information content (AvgIpc) is 3.01. The van der Waals surface area contributed by atoms with E-state index in [0.29, 0.717) is 30.6 Å². The van der Waals surface area contributed by atoms with Gasteiger partial charge in [0.15, 0.2) is 5.82 Å². The quantitative estimate of drug-likeness (QED) is 0.0989. The van der Waals surface area contributed by atoms with Gasteiger partial charge in [-0.15, -0.1) is 0 Å². The number of unbranched alkanes of at least 4 members (excludes halogenated alkanes) is 1. The minimum Gasteiger partial charge on any atom is -0.396 e. The summed E-state index contributed by atoms with van der Waals surface area (Å²) in [7, 11) is 2.06. The number of hydroxylamine groups is 1. The molecule has 1 aliphatic rings. The van der Waals surface area contributed by atoms with Crippen LogP contribution in [0.5, 0.6) is 0 Å². The van der Waals surface area contributed by atoms with Crippen molar-refractivity contribution >= 4 is 46.4 Å². The van der Waals surface area contributed by atoms with E-state index < -0.39 is 17.6 Å². The fourth-order valence-electron chi connectivity index (χ4n) is 4.88. The Labute approximate surface area is 254 Å². The Morgan fingerprint density at radius 1 is 0.977 bits per heavy atom. The highest BCUT2D eigenvalue weighted by Gasteiger charge is 2.22. The standard InChI is InChI=1S/C31H36ClFN6O4/c1-19-28(32)23(18-24(34)29(19)33)31(42)36-25-17-22(10-11-26(25)39-15-13-38(2)14-16-39)20-6-8-21(9-7-20)30(41)35-12-4-3-5-27(40)37-43/h6-11,17-18,43H,3-5,12-16,34H2,1-2H3,(H,35,41)(H,36,42)(H,37,40). The van der Waals surface area contributed by atoms with E-state index in [2.05, 4.69) is 27.5 Å². The van der Waals surface area contributed by atoms with Crippen LogP contribution in [0, 0.1) is 12.7 Å². The summed E-state index contributed by atoms with van der Waals surface area (Å²) in [5, 5.41) is 14.3. The van der Waals surface area contributed by atoms with Crippen molar-refractivity contribution in [1.29, 1.82) is 0 Å². The number of likely N-dealkylation sites (N-methyl/N-ethyl adjacent to an activating group) is 1. The molecular formula is C31H36ClFN6O4. The normalized spacial score (nSPS) is 13.5. The van der Waals surface area contributed by atoms with Gasteiger partial charge >= 0.3 is 0 Å². The lowest BCUT2D eigenvalue weighted by molar-refractivity contribution is -0.129. The summed E-state index contributed by atoms with van der Waals surface area (Å²) in [6.45, 7) is 5.18. The lowest BCUT2D eigenvalue weighted by atomic mass is 10.0. The van der Waals surface area contributed by atoms with Crippen LogP contribution in [-0.4, -0.2) is 67.6 Å². The number of benzene rings is 3. The minimum atomic E-state index is -0.647. The number of amides is 3. The SMILES string of the molecule is Cc1c(F)c(N)cc(C(=O)Nc2cc(-c3ccc(C(=O)NCCCCC(=O)NO)cc3)ccc2N2CCN(C)CC2)c1Cl. The van der Waals surface area contributed by atoms with Gasteiger partial charge in [-0.3, -0.25) is 19.6 Å². The van der Waals surface area contributed by atoms with Crippen LogP contribution in [0.4, 0.5) is 21.5 Å². The first-order chi connectivity index (χ1) is 20.6. The van der Waals surface area contributed by atoms with E-state index in [4.69, 9.17) is 22.5 Å². The van der Waals surface area contributed by atoms with E-state index in [-0.39, 0.29) is 34.2 Å². The summed E-state index contributed by atoms with van der Waals surface area (Å²) in [4.78, 5) is 41.5. The molecule has 3 amide bonds. The van der Waals surface area contributed by atoms with Crippen LogP contribution in [0.25, 0.3) is 11.1 Å². The van der Waals surface area contributed by atoms with Crippen molar-refractivity contribution < 1.29 is 24.0 Å². The van der Waals surface area contributed by atoms with Gasteiger partial charge in [-0.2, -0.15) is 0 Å². The molecule has 1 aliphatic heterocycles. The van der Waals surface area contributed by atoms with Crippen LogP contribution in [0.1, 0.15) is 45.5 Å². The van der Waals surface area contributed by atoms with E-state index in [1.54, 1.807) is 17.6 Å². The van der Waals surface area contributed by atoms with Crippen LogP contribution in [0.15, 0.2) is 48.5 Å². The number of nitrogens with one attached hydrogen (secondary N) is 3. The van der Waals surface area contributed by atoms with Crippen molar-refractivity contribution in [3.8, 4) is 11.1 Å². The van der Waals surface area contributed by atoms with Crippen LogP contribution >= 0.6 is 11.6 Å². The van der Waals surface area contributed by atoms with Crippen LogP contribution in [-0.2, 0) is 4.79 Å².